The molecule has 1 unspecified atom stereocenters. The van der Waals surface area contributed by atoms with Gasteiger partial charge in [-0.2, -0.15) is 5.10 Å². The summed E-state index contributed by atoms with van der Waals surface area (Å²) in [6.07, 6.45) is 0.696. The molecule has 0 amide bonds. The van der Waals surface area contributed by atoms with Crippen molar-refractivity contribution in [3.63, 3.8) is 0 Å². The number of methoxy groups -OCH3 is 1. The van der Waals surface area contributed by atoms with E-state index < -0.39 is 6.10 Å². The summed E-state index contributed by atoms with van der Waals surface area (Å²) in [7, 11) is 1.57. The van der Waals surface area contributed by atoms with Crippen LogP contribution in [0.1, 0.15) is 36.9 Å². The third-order valence-electron chi connectivity index (χ3n) is 3.66. The third-order valence-corrected chi connectivity index (χ3v) is 3.66. The Balaban J connectivity index is 2.25. The molecule has 0 saturated carbocycles. The van der Waals surface area contributed by atoms with Crippen molar-refractivity contribution in [1.29, 1.82) is 0 Å². The van der Waals surface area contributed by atoms with Gasteiger partial charge in [-0.3, -0.25) is 4.68 Å². The molecule has 1 atom stereocenters. The average molecular weight is 289 g/mol. The molecule has 5 nitrogen and oxygen atoms in total. The van der Waals surface area contributed by atoms with Gasteiger partial charge in [-0.1, -0.05) is 19.1 Å². The first-order chi connectivity index (χ1) is 10.1. The largest absolute Gasteiger partial charge is 0.495 e. The van der Waals surface area contributed by atoms with Crippen molar-refractivity contribution in [2.45, 2.75) is 39.3 Å². The summed E-state index contributed by atoms with van der Waals surface area (Å²) in [6.45, 7) is 4.90. The number of aliphatic hydroxyl groups excluding tert-OH is 1. The van der Waals surface area contributed by atoms with E-state index in [9.17, 15) is 5.11 Å². The van der Waals surface area contributed by atoms with Crippen LogP contribution in [0.15, 0.2) is 24.3 Å². The minimum atomic E-state index is -0.674. The number of nitrogens with zero attached hydrogens (tertiary/aromatic N) is 2. The molecule has 3 N–H and O–H groups in total. The van der Waals surface area contributed by atoms with Crippen LogP contribution in [0, 0.1) is 0 Å². The van der Waals surface area contributed by atoms with Gasteiger partial charge in [0.15, 0.2) is 0 Å². The minimum absolute atomic E-state index is 0.484. The summed E-state index contributed by atoms with van der Waals surface area (Å²) < 4.78 is 7.13. The van der Waals surface area contributed by atoms with Crippen LogP contribution >= 0.6 is 0 Å². The highest BCUT2D eigenvalue weighted by Crippen LogP contribution is 2.31. The Morgan fingerprint density at radius 1 is 1.38 bits per heavy atom. The fraction of sp³-hybridized carbons (Fsp3) is 0.438. The summed E-state index contributed by atoms with van der Waals surface area (Å²) in [5.41, 5.74) is 9.28. The van der Waals surface area contributed by atoms with E-state index in [2.05, 4.69) is 12.0 Å². The molecule has 1 heterocycles. The molecule has 1 aromatic carbocycles. The Bertz CT molecular complexity index is 608. The lowest BCUT2D eigenvalue weighted by atomic mass is 10.0. The second kappa shape index (κ2) is 6.63. The Hall–Kier alpha value is -2.01. The number of hydrogen-bond donors (Lipinski definition) is 2. The van der Waals surface area contributed by atoms with E-state index >= 15 is 0 Å². The normalized spacial score (nSPS) is 12.4. The van der Waals surface area contributed by atoms with Crippen LogP contribution in [0.5, 0.6) is 5.75 Å². The summed E-state index contributed by atoms with van der Waals surface area (Å²) in [6, 6.07) is 7.50. The molecular formula is C16H23N3O2. The number of aryl methyl sites for hydroxylation is 2. The number of ether oxygens (including phenoxy) is 1. The Labute approximate surface area is 125 Å². The molecule has 0 aliphatic carbocycles. The van der Waals surface area contributed by atoms with Gasteiger partial charge >= 0.3 is 0 Å². The number of rotatable bonds is 6. The van der Waals surface area contributed by atoms with E-state index in [1.54, 1.807) is 13.2 Å². The highest BCUT2D eigenvalue weighted by atomic mass is 16.5. The van der Waals surface area contributed by atoms with Gasteiger partial charge in [0, 0.05) is 24.2 Å². The van der Waals surface area contributed by atoms with Gasteiger partial charge in [-0.25, -0.2) is 0 Å². The monoisotopic (exact) mass is 289 g/mol. The van der Waals surface area contributed by atoms with Gasteiger partial charge in [-0.05, 0) is 25.5 Å². The van der Waals surface area contributed by atoms with E-state index in [1.807, 2.05) is 29.8 Å². The lowest BCUT2D eigenvalue weighted by Crippen LogP contribution is -2.10. The SMILES string of the molecule is CCc1cc(CC(O)c2cccc(OC)c2N)n(CC)n1. The van der Waals surface area contributed by atoms with Crippen molar-refractivity contribution in [2.75, 3.05) is 12.8 Å². The van der Waals surface area contributed by atoms with Crippen LogP contribution in [-0.2, 0) is 19.4 Å². The number of benzene rings is 1. The number of nitrogen functional groups attached to an aromatic ring is 1. The van der Waals surface area contributed by atoms with Crippen molar-refractivity contribution >= 4 is 5.69 Å². The third kappa shape index (κ3) is 3.19. The number of nitrogens with two attached hydrogens (primary N) is 1. The van der Waals surface area contributed by atoms with Crippen LogP contribution in [0.25, 0.3) is 0 Å². The maximum atomic E-state index is 10.5. The lowest BCUT2D eigenvalue weighted by Gasteiger charge is -2.16. The molecule has 2 rings (SSSR count). The van der Waals surface area contributed by atoms with Gasteiger partial charge in [0.25, 0.3) is 0 Å². The van der Waals surface area contributed by atoms with E-state index in [0.717, 1.165) is 24.4 Å². The quantitative estimate of drug-likeness (QED) is 0.801. The number of aromatic nitrogens is 2. The molecule has 0 spiro atoms. The van der Waals surface area contributed by atoms with Gasteiger partial charge in [0.2, 0.25) is 0 Å². The molecule has 114 valence electrons. The van der Waals surface area contributed by atoms with Crippen LogP contribution in [0.4, 0.5) is 5.69 Å². The fourth-order valence-electron chi connectivity index (χ4n) is 2.46. The van der Waals surface area contributed by atoms with Crippen LogP contribution in [0.2, 0.25) is 0 Å². The summed E-state index contributed by atoms with van der Waals surface area (Å²) >= 11 is 0. The molecule has 0 radical (unpaired) electrons. The van der Waals surface area contributed by atoms with Crippen LogP contribution in [0.3, 0.4) is 0 Å². The number of hydrogen-bond acceptors (Lipinski definition) is 4. The van der Waals surface area contributed by atoms with Crippen molar-refractivity contribution in [3.8, 4) is 5.75 Å². The summed E-state index contributed by atoms with van der Waals surface area (Å²) in [5.74, 6) is 0.588. The molecular weight excluding hydrogens is 266 g/mol. The van der Waals surface area contributed by atoms with E-state index in [1.165, 1.54) is 0 Å². The predicted molar refractivity (Wildman–Crippen MR) is 83.3 cm³/mol. The highest BCUT2D eigenvalue weighted by Gasteiger charge is 2.17. The van der Waals surface area contributed by atoms with Crippen molar-refractivity contribution in [2.24, 2.45) is 0 Å². The number of anilines is 1. The summed E-state index contributed by atoms with van der Waals surface area (Å²) in [4.78, 5) is 0. The smallest absolute Gasteiger partial charge is 0.142 e. The zero-order chi connectivity index (χ0) is 15.4. The first-order valence-electron chi connectivity index (χ1n) is 7.26. The van der Waals surface area contributed by atoms with E-state index in [4.69, 9.17) is 10.5 Å². The zero-order valence-electron chi connectivity index (χ0n) is 12.8. The molecule has 0 fully saturated rings. The van der Waals surface area contributed by atoms with Gasteiger partial charge < -0.3 is 15.6 Å². The molecule has 0 saturated heterocycles. The van der Waals surface area contributed by atoms with Gasteiger partial charge in [0.1, 0.15) is 5.75 Å². The zero-order valence-corrected chi connectivity index (χ0v) is 12.8. The average Bonchev–Trinajstić information content (AvgIpc) is 2.89. The summed E-state index contributed by atoms with van der Waals surface area (Å²) in [5, 5.41) is 15.0. The molecule has 1 aromatic heterocycles. The standard InChI is InChI=1S/C16H23N3O2/c1-4-11-9-12(19(5-2)18-11)10-14(20)13-7-6-8-15(21-3)16(13)17/h6-9,14,20H,4-5,10,17H2,1-3H3. The highest BCUT2D eigenvalue weighted by molar-refractivity contribution is 5.59. The van der Waals surface area contributed by atoms with Gasteiger partial charge in [-0.15, -0.1) is 0 Å². The molecule has 2 aromatic rings. The molecule has 0 bridgehead atoms. The minimum Gasteiger partial charge on any atom is -0.495 e. The second-order valence-corrected chi connectivity index (χ2v) is 4.98. The van der Waals surface area contributed by atoms with Crippen molar-refractivity contribution in [1.82, 2.24) is 9.78 Å². The molecule has 0 aliphatic rings. The van der Waals surface area contributed by atoms with Crippen LogP contribution in [-0.4, -0.2) is 22.0 Å². The van der Waals surface area contributed by atoms with E-state index in [-0.39, 0.29) is 0 Å². The number of aliphatic hydroxyl groups is 1. The Morgan fingerprint density at radius 2 is 2.14 bits per heavy atom. The first-order valence-corrected chi connectivity index (χ1v) is 7.26. The number of para-hydroxylation sites is 1. The maximum Gasteiger partial charge on any atom is 0.142 e. The van der Waals surface area contributed by atoms with E-state index in [0.29, 0.717) is 23.4 Å². The fourth-order valence-corrected chi connectivity index (χ4v) is 2.46. The Morgan fingerprint density at radius 3 is 2.76 bits per heavy atom. The first kappa shape index (κ1) is 15.4. The van der Waals surface area contributed by atoms with Gasteiger partial charge in [0.05, 0.1) is 24.6 Å². The maximum absolute atomic E-state index is 10.5. The van der Waals surface area contributed by atoms with Crippen molar-refractivity contribution < 1.29 is 9.84 Å². The molecule has 21 heavy (non-hydrogen) atoms. The molecule has 5 heteroatoms. The second-order valence-electron chi connectivity index (χ2n) is 4.98. The lowest BCUT2D eigenvalue weighted by molar-refractivity contribution is 0.176. The molecule has 0 aliphatic heterocycles. The van der Waals surface area contributed by atoms with Crippen LogP contribution < -0.4 is 10.5 Å². The topological polar surface area (TPSA) is 73.3 Å². The Kier molecular flexibility index (Phi) is 4.85. The van der Waals surface area contributed by atoms with Crippen molar-refractivity contribution in [3.05, 3.63) is 41.2 Å². The predicted octanol–water partition coefficient (Wildman–Crippen LogP) is 2.33.